The van der Waals surface area contributed by atoms with Gasteiger partial charge in [0.25, 0.3) is 0 Å². The van der Waals surface area contributed by atoms with Gasteiger partial charge in [0, 0.05) is 28.0 Å². The third-order valence-electron chi connectivity index (χ3n) is 2.24. The third kappa shape index (κ3) is 6.09. The number of hydrogen-bond donors (Lipinski definition) is 2. The highest BCUT2D eigenvalue weighted by atomic mass is 127. The number of nitrogens with one attached hydrogen (secondary N) is 1. The highest BCUT2D eigenvalue weighted by Gasteiger charge is 1.99. The van der Waals surface area contributed by atoms with Crippen molar-refractivity contribution in [2.75, 3.05) is 51.4 Å². The van der Waals surface area contributed by atoms with E-state index in [1.807, 2.05) is 32.3 Å². The first-order valence-corrected chi connectivity index (χ1v) is 6.69. The Morgan fingerprint density at radius 1 is 1.35 bits per heavy atom. The molecule has 0 aliphatic rings. The number of ether oxygens (including phenoxy) is 1. The highest BCUT2D eigenvalue weighted by molar-refractivity contribution is 14.1. The monoisotopic (exact) mass is 349 g/mol. The van der Waals surface area contributed by atoms with Crippen LogP contribution in [0.1, 0.15) is 0 Å². The largest absolute Gasteiger partial charge is 0.399 e. The summed E-state index contributed by atoms with van der Waals surface area (Å²) < 4.78 is 6.63. The molecule has 0 aliphatic heterocycles. The van der Waals surface area contributed by atoms with Crippen LogP contribution in [0, 0.1) is 3.57 Å². The zero-order chi connectivity index (χ0) is 12.7. The fraction of sp³-hybridized carbons (Fsp3) is 0.500. The number of nitrogens with zero attached hydrogens (tertiary/aromatic N) is 1. The van der Waals surface area contributed by atoms with E-state index in [1.54, 1.807) is 0 Å². The number of nitrogens with two attached hydrogens (primary N) is 1. The van der Waals surface area contributed by atoms with Crippen LogP contribution >= 0.6 is 22.6 Å². The second-order valence-corrected chi connectivity index (χ2v) is 5.24. The number of likely N-dealkylation sites (N-methyl/N-ethyl adjacent to an activating group) is 1. The predicted molar refractivity (Wildman–Crippen MR) is 81.4 cm³/mol. The molecule has 0 spiro atoms. The molecule has 0 atom stereocenters. The molecular weight excluding hydrogens is 329 g/mol. The maximum Gasteiger partial charge on any atom is 0.0639 e. The van der Waals surface area contributed by atoms with Gasteiger partial charge in [-0.05, 0) is 54.9 Å². The fourth-order valence-corrected chi connectivity index (χ4v) is 2.01. The lowest BCUT2D eigenvalue weighted by Crippen LogP contribution is -2.20. The lowest BCUT2D eigenvalue weighted by Gasteiger charge is -2.11. The molecule has 0 saturated carbocycles. The normalized spacial score (nSPS) is 10.8. The SMILES string of the molecule is CN(C)CCOCCNc1ccc(N)cc1I. The second kappa shape index (κ2) is 7.73. The van der Waals surface area contributed by atoms with E-state index >= 15 is 0 Å². The summed E-state index contributed by atoms with van der Waals surface area (Å²) in [5.74, 6) is 0. The van der Waals surface area contributed by atoms with Crippen molar-refractivity contribution >= 4 is 34.0 Å². The van der Waals surface area contributed by atoms with Gasteiger partial charge in [-0.2, -0.15) is 0 Å². The summed E-state index contributed by atoms with van der Waals surface area (Å²) in [4.78, 5) is 2.11. The van der Waals surface area contributed by atoms with Crippen LogP contribution in [0.3, 0.4) is 0 Å². The first-order chi connectivity index (χ1) is 8.09. The molecule has 1 aromatic carbocycles. The van der Waals surface area contributed by atoms with Gasteiger partial charge < -0.3 is 20.7 Å². The van der Waals surface area contributed by atoms with Crippen molar-refractivity contribution in [1.82, 2.24) is 4.90 Å². The van der Waals surface area contributed by atoms with Crippen LogP contribution in [0.2, 0.25) is 0 Å². The summed E-state index contributed by atoms with van der Waals surface area (Å²) in [5.41, 5.74) is 7.59. The topological polar surface area (TPSA) is 50.5 Å². The van der Waals surface area contributed by atoms with Crippen molar-refractivity contribution in [2.24, 2.45) is 0 Å². The number of rotatable bonds is 7. The molecule has 5 heteroatoms. The smallest absolute Gasteiger partial charge is 0.0639 e. The van der Waals surface area contributed by atoms with Crippen LogP contribution in [0.15, 0.2) is 18.2 Å². The van der Waals surface area contributed by atoms with Crippen molar-refractivity contribution in [1.29, 1.82) is 0 Å². The molecule has 0 aliphatic carbocycles. The van der Waals surface area contributed by atoms with E-state index in [9.17, 15) is 0 Å². The Morgan fingerprint density at radius 2 is 2.12 bits per heavy atom. The molecule has 0 heterocycles. The van der Waals surface area contributed by atoms with Gasteiger partial charge in [0.1, 0.15) is 0 Å². The Balaban J connectivity index is 2.18. The molecule has 17 heavy (non-hydrogen) atoms. The summed E-state index contributed by atoms with van der Waals surface area (Å²) in [6.07, 6.45) is 0. The highest BCUT2D eigenvalue weighted by Crippen LogP contribution is 2.20. The minimum atomic E-state index is 0.717. The third-order valence-corrected chi connectivity index (χ3v) is 3.13. The molecule has 1 rings (SSSR count). The quantitative estimate of drug-likeness (QED) is 0.448. The van der Waals surface area contributed by atoms with E-state index in [2.05, 4.69) is 32.8 Å². The number of benzene rings is 1. The summed E-state index contributed by atoms with van der Waals surface area (Å²) in [7, 11) is 4.08. The van der Waals surface area contributed by atoms with Crippen LogP contribution in [0.4, 0.5) is 11.4 Å². The van der Waals surface area contributed by atoms with Gasteiger partial charge in [-0.15, -0.1) is 0 Å². The van der Waals surface area contributed by atoms with Gasteiger partial charge in [-0.3, -0.25) is 0 Å². The minimum absolute atomic E-state index is 0.717. The van der Waals surface area contributed by atoms with Gasteiger partial charge in [0.05, 0.1) is 13.2 Å². The molecule has 0 bridgehead atoms. The summed E-state index contributed by atoms with van der Waals surface area (Å²) in [5, 5.41) is 3.33. The van der Waals surface area contributed by atoms with Crippen molar-refractivity contribution in [3.05, 3.63) is 21.8 Å². The minimum Gasteiger partial charge on any atom is -0.399 e. The standard InChI is InChI=1S/C12H20IN3O/c1-16(2)6-8-17-7-5-15-12-4-3-10(14)9-11(12)13/h3-4,9,15H,5-8,14H2,1-2H3. The Bertz CT molecular complexity index is 345. The molecule has 1 aromatic rings. The van der Waals surface area contributed by atoms with E-state index in [-0.39, 0.29) is 0 Å². The average molecular weight is 349 g/mol. The number of hydrogen-bond acceptors (Lipinski definition) is 4. The van der Waals surface area contributed by atoms with Gasteiger partial charge in [-0.1, -0.05) is 0 Å². The lowest BCUT2D eigenvalue weighted by atomic mass is 10.3. The van der Waals surface area contributed by atoms with Gasteiger partial charge in [-0.25, -0.2) is 0 Å². The zero-order valence-corrected chi connectivity index (χ0v) is 12.5. The molecule has 3 N–H and O–H groups in total. The Morgan fingerprint density at radius 3 is 2.76 bits per heavy atom. The van der Waals surface area contributed by atoms with Crippen LogP contribution in [0.5, 0.6) is 0 Å². The van der Waals surface area contributed by atoms with Crippen molar-refractivity contribution in [2.45, 2.75) is 0 Å². The number of nitrogen functional groups attached to an aromatic ring is 1. The van der Waals surface area contributed by atoms with Crippen molar-refractivity contribution in [3.63, 3.8) is 0 Å². The van der Waals surface area contributed by atoms with Crippen LogP contribution in [0.25, 0.3) is 0 Å². The van der Waals surface area contributed by atoms with E-state index in [0.717, 1.165) is 34.6 Å². The number of anilines is 2. The molecule has 0 saturated heterocycles. The van der Waals surface area contributed by atoms with Gasteiger partial charge in [0.2, 0.25) is 0 Å². The second-order valence-electron chi connectivity index (χ2n) is 4.08. The molecule has 0 aromatic heterocycles. The van der Waals surface area contributed by atoms with E-state index in [0.29, 0.717) is 6.61 Å². The van der Waals surface area contributed by atoms with Crippen LogP contribution in [-0.2, 0) is 4.74 Å². The van der Waals surface area contributed by atoms with Crippen molar-refractivity contribution in [3.8, 4) is 0 Å². The van der Waals surface area contributed by atoms with Gasteiger partial charge >= 0.3 is 0 Å². The molecule has 0 amide bonds. The summed E-state index contributed by atoms with van der Waals surface area (Å²) >= 11 is 2.27. The molecule has 0 fully saturated rings. The Kier molecular flexibility index (Phi) is 6.61. The maximum atomic E-state index is 5.69. The first-order valence-electron chi connectivity index (χ1n) is 5.61. The summed E-state index contributed by atoms with van der Waals surface area (Å²) in [6.45, 7) is 3.26. The lowest BCUT2D eigenvalue weighted by molar-refractivity contribution is 0.126. The average Bonchev–Trinajstić information content (AvgIpc) is 2.25. The van der Waals surface area contributed by atoms with Crippen molar-refractivity contribution < 1.29 is 4.74 Å². The molecule has 4 nitrogen and oxygen atoms in total. The fourth-order valence-electron chi connectivity index (χ4n) is 1.28. The van der Waals surface area contributed by atoms with Gasteiger partial charge in [0.15, 0.2) is 0 Å². The first kappa shape index (κ1) is 14.5. The molecular formula is C12H20IN3O. The van der Waals surface area contributed by atoms with Crippen LogP contribution < -0.4 is 11.1 Å². The van der Waals surface area contributed by atoms with E-state index in [4.69, 9.17) is 10.5 Å². The molecule has 0 unspecified atom stereocenters. The van der Waals surface area contributed by atoms with E-state index < -0.39 is 0 Å². The number of halogens is 1. The Labute approximate surface area is 117 Å². The zero-order valence-electron chi connectivity index (χ0n) is 10.4. The van der Waals surface area contributed by atoms with Crippen LogP contribution in [-0.4, -0.2) is 45.3 Å². The maximum absolute atomic E-state index is 5.69. The molecule has 0 radical (unpaired) electrons. The Hall–Kier alpha value is -0.530. The molecule has 96 valence electrons. The predicted octanol–water partition coefficient (Wildman–Crippen LogP) is 1.86. The summed E-state index contributed by atoms with van der Waals surface area (Å²) in [6, 6.07) is 5.85. The van der Waals surface area contributed by atoms with E-state index in [1.165, 1.54) is 0 Å².